The molecule has 5 N–H and O–H groups in total. The third-order valence-corrected chi connectivity index (χ3v) is 3.22. The summed E-state index contributed by atoms with van der Waals surface area (Å²) in [7, 11) is 1.88. The van der Waals surface area contributed by atoms with Crippen LogP contribution in [0.4, 0.5) is 10.9 Å². The summed E-state index contributed by atoms with van der Waals surface area (Å²) in [5.74, 6) is 0.121. The minimum atomic E-state index is -0.159. The number of carbonyl (C=O) groups excluding carboxylic acids is 1. The molecule has 0 aliphatic rings. The fourth-order valence-electron chi connectivity index (χ4n) is 1.42. The van der Waals surface area contributed by atoms with Crippen molar-refractivity contribution in [2.24, 2.45) is 0 Å². The second-order valence-electron chi connectivity index (χ2n) is 5.32. The van der Waals surface area contributed by atoms with Crippen LogP contribution in [0.2, 0.25) is 0 Å². The molecular formula is C12H23N5OS. The molecule has 0 atom stereocenters. The van der Waals surface area contributed by atoms with Crippen molar-refractivity contribution in [1.82, 2.24) is 15.6 Å². The van der Waals surface area contributed by atoms with E-state index in [9.17, 15) is 4.79 Å². The highest BCUT2D eigenvalue weighted by Crippen LogP contribution is 2.26. The van der Waals surface area contributed by atoms with Crippen molar-refractivity contribution >= 4 is 28.2 Å². The Labute approximate surface area is 118 Å². The lowest BCUT2D eigenvalue weighted by atomic mass is 10.1. The van der Waals surface area contributed by atoms with Gasteiger partial charge >= 0.3 is 0 Å². The first-order valence-electron chi connectivity index (χ1n) is 6.31. The van der Waals surface area contributed by atoms with Crippen LogP contribution in [0.25, 0.3) is 0 Å². The van der Waals surface area contributed by atoms with E-state index in [4.69, 9.17) is 5.73 Å². The molecule has 1 aromatic rings. The topological polar surface area (TPSA) is 92.1 Å². The lowest BCUT2D eigenvalue weighted by molar-refractivity contribution is 0.0958. The van der Waals surface area contributed by atoms with Crippen molar-refractivity contribution in [2.75, 3.05) is 31.2 Å². The molecule has 0 saturated heterocycles. The summed E-state index contributed by atoms with van der Waals surface area (Å²) in [6, 6.07) is 0. The molecule has 0 bridgehead atoms. The quantitative estimate of drug-likeness (QED) is 0.591. The van der Waals surface area contributed by atoms with E-state index in [-0.39, 0.29) is 17.3 Å². The van der Waals surface area contributed by atoms with Crippen LogP contribution in [0.5, 0.6) is 0 Å². The van der Waals surface area contributed by atoms with Crippen LogP contribution in [0.3, 0.4) is 0 Å². The van der Waals surface area contributed by atoms with Gasteiger partial charge in [-0.25, -0.2) is 4.98 Å². The highest BCUT2D eigenvalue weighted by molar-refractivity contribution is 7.18. The molecule has 0 radical (unpaired) electrons. The highest BCUT2D eigenvalue weighted by atomic mass is 32.1. The maximum atomic E-state index is 11.9. The summed E-state index contributed by atoms with van der Waals surface area (Å²) in [4.78, 5) is 16.6. The predicted molar refractivity (Wildman–Crippen MR) is 80.8 cm³/mol. The number of carbonyl (C=O) groups is 1. The summed E-state index contributed by atoms with van der Waals surface area (Å²) < 4.78 is 0. The first-order chi connectivity index (χ1) is 8.83. The second-order valence-corrected chi connectivity index (χ2v) is 6.32. The Morgan fingerprint density at radius 1 is 1.37 bits per heavy atom. The molecule has 1 aromatic heterocycles. The smallest absolute Gasteiger partial charge is 0.265 e. The van der Waals surface area contributed by atoms with Gasteiger partial charge in [0.1, 0.15) is 10.7 Å². The van der Waals surface area contributed by atoms with Gasteiger partial charge in [-0.1, -0.05) is 11.3 Å². The van der Waals surface area contributed by atoms with Crippen LogP contribution in [-0.4, -0.2) is 36.6 Å². The van der Waals surface area contributed by atoms with Gasteiger partial charge in [0, 0.05) is 12.1 Å². The number of anilines is 2. The fourth-order valence-corrected chi connectivity index (χ4v) is 2.43. The van der Waals surface area contributed by atoms with Crippen LogP contribution in [-0.2, 0) is 0 Å². The number of amides is 1. The van der Waals surface area contributed by atoms with E-state index in [1.54, 1.807) is 0 Å². The van der Waals surface area contributed by atoms with Gasteiger partial charge in [-0.05, 0) is 40.8 Å². The molecule has 1 heterocycles. The SMILES string of the molecule is CNCCCNC(=O)c1sc(NC(C)(C)C)nc1N. The Morgan fingerprint density at radius 2 is 2.05 bits per heavy atom. The predicted octanol–water partition coefficient (Wildman–Crippen LogP) is 1.27. The summed E-state index contributed by atoms with van der Waals surface area (Å²) in [5.41, 5.74) is 5.67. The molecule has 1 rings (SSSR count). The Hall–Kier alpha value is -1.34. The van der Waals surface area contributed by atoms with E-state index in [2.05, 4.69) is 20.9 Å². The summed E-state index contributed by atoms with van der Waals surface area (Å²) >= 11 is 1.28. The van der Waals surface area contributed by atoms with E-state index in [1.807, 2.05) is 27.8 Å². The molecule has 0 unspecified atom stereocenters. The molecule has 19 heavy (non-hydrogen) atoms. The molecule has 108 valence electrons. The first kappa shape index (κ1) is 15.7. The highest BCUT2D eigenvalue weighted by Gasteiger charge is 2.18. The molecule has 0 fully saturated rings. The van der Waals surface area contributed by atoms with Gasteiger partial charge < -0.3 is 21.7 Å². The zero-order chi connectivity index (χ0) is 14.5. The number of hydrogen-bond donors (Lipinski definition) is 4. The number of rotatable bonds is 6. The van der Waals surface area contributed by atoms with Gasteiger partial charge in [-0.2, -0.15) is 0 Å². The number of nitrogens with two attached hydrogens (primary N) is 1. The van der Waals surface area contributed by atoms with E-state index >= 15 is 0 Å². The number of nitrogens with one attached hydrogen (secondary N) is 3. The third-order valence-electron chi connectivity index (χ3n) is 2.23. The van der Waals surface area contributed by atoms with E-state index in [0.717, 1.165) is 13.0 Å². The Morgan fingerprint density at radius 3 is 2.63 bits per heavy atom. The second kappa shape index (κ2) is 6.72. The summed E-state index contributed by atoms with van der Waals surface area (Å²) in [5, 5.41) is 9.74. The lowest BCUT2D eigenvalue weighted by Gasteiger charge is -2.19. The average molecular weight is 285 g/mol. The monoisotopic (exact) mass is 285 g/mol. The number of thiazole rings is 1. The molecule has 0 saturated carbocycles. The first-order valence-corrected chi connectivity index (χ1v) is 7.12. The molecule has 0 aliphatic heterocycles. The van der Waals surface area contributed by atoms with Crippen LogP contribution in [0, 0.1) is 0 Å². The van der Waals surface area contributed by atoms with Gasteiger partial charge in [-0.3, -0.25) is 4.79 Å². The molecule has 0 spiro atoms. The van der Waals surface area contributed by atoms with Crippen LogP contribution < -0.4 is 21.7 Å². The van der Waals surface area contributed by atoms with Crippen molar-refractivity contribution in [1.29, 1.82) is 0 Å². The lowest BCUT2D eigenvalue weighted by Crippen LogP contribution is -2.26. The fraction of sp³-hybridized carbons (Fsp3) is 0.667. The largest absolute Gasteiger partial charge is 0.382 e. The van der Waals surface area contributed by atoms with Gasteiger partial charge in [0.05, 0.1) is 0 Å². The van der Waals surface area contributed by atoms with Gasteiger partial charge in [0.15, 0.2) is 5.13 Å². The minimum absolute atomic E-state index is 0.106. The average Bonchev–Trinajstić information content (AvgIpc) is 2.63. The standard InChI is InChI=1S/C12H23N5OS/c1-12(2,3)17-11-16-9(13)8(19-11)10(18)15-7-5-6-14-4/h14H,5-7,13H2,1-4H3,(H,15,18)(H,16,17). The summed E-state index contributed by atoms with van der Waals surface area (Å²) in [6.07, 6.45) is 0.883. The maximum Gasteiger partial charge on any atom is 0.265 e. The van der Waals surface area contributed by atoms with E-state index in [0.29, 0.717) is 16.6 Å². The molecule has 1 amide bonds. The minimum Gasteiger partial charge on any atom is -0.382 e. The molecule has 7 heteroatoms. The van der Waals surface area contributed by atoms with Crippen molar-refractivity contribution in [3.63, 3.8) is 0 Å². The van der Waals surface area contributed by atoms with Gasteiger partial charge in [0.2, 0.25) is 0 Å². The summed E-state index contributed by atoms with van der Waals surface area (Å²) in [6.45, 7) is 7.58. The van der Waals surface area contributed by atoms with Crippen molar-refractivity contribution in [3.8, 4) is 0 Å². The van der Waals surface area contributed by atoms with Crippen LogP contribution >= 0.6 is 11.3 Å². The van der Waals surface area contributed by atoms with Crippen molar-refractivity contribution in [2.45, 2.75) is 32.7 Å². The number of nitrogens with zero attached hydrogens (tertiary/aromatic N) is 1. The maximum absolute atomic E-state index is 11.9. The Bertz CT molecular complexity index is 424. The Kier molecular flexibility index (Phi) is 5.56. The van der Waals surface area contributed by atoms with Crippen LogP contribution in [0.15, 0.2) is 0 Å². The van der Waals surface area contributed by atoms with E-state index in [1.165, 1.54) is 11.3 Å². The number of nitrogen functional groups attached to an aromatic ring is 1. The van der Waals surface area contributed by atoms with Gasteiger partial charge in [0.25, 0.3) is 5.91 Å². The molecule has 6 nitrogen and oxygen atoms in total. The third kappa shape index (κ3) is 5.44. The van der Waals surface area contributed by atoms with E-state index < -0.39 is 0 Å². The Balaban J connectivity index is 2.60. The molecule has 0 aromatic carbocycles. The molecule has 0 aliphatic carbocycles. The van der Waals surface area contributed by atoms with Crippen molar-refractivity contribution in [3.05, 3.63) is 4.88 Å². The number of hydrogen-bond acceptors (Lipinski definition) is 6. The zero-order valence-corrected chi connectivity index (χ0v) is 12.8. The molecular weight excluding hydrogens is 262 g/mol. The number of aromatic nitrogens is 1. The van der Waals surface area contributed by atoms with Crippen molar-refractivity contribution < 1.29 is 4.79 Å². The van der Waals surface area contributed by atoms with Gasteiger partial charge in [-0.15, -0.1) is 0 Å². The van der Waals surface area contributed by atoms with Crippen LogP contribution in [0.1, 0.15) is 36.9 Å². The zero-order valence-electron chi connectivity index (χ0n) is 12.0. The normalized spacial score (nSPS) is 11.4.